The molecule has 0 unspecified atom stereocenters. The van der Waals surface area contributed by atoms with Crippen LogP contribution < -0.4 is 5.32 Å². The van der Waals surface area contributed by atoms with Crippen molar-refractivity contribution in [3.63, 3.8) is 0 Å². The highest BCUT2D eigenvalue weighted by Crippen LogP contribution is 2.27. The van der Waals surface area contributed by atoms with Gasteiger partial charge in [0.1, 0.15) is 5.01 Å². The Labute approximate surface area is 119 Å². The van der Waals surface area contributed by atoms with Crippen molar-refractivity contribution < 1.29 is 0 Å². The molecule has 0 aromatic carbocycles. The van der Waals surface area contributed by atoms with Gasteiger partial charge in [0.05, 0.1) is 5.69 Å². The topological polar surface area (TPSA) is 31.4 Å². The maximum Gasteiger partial charge on any atom is 0.107 e. The van der Waals surface area contributed by atoms with Gasteiger partial charge >= 0.3 is 0 Å². The average Bonchev–Trinajstić information content (AvgIpc) is 3.19. The molecule has 2 heterocycles. The summed E-state index contributed by atoms with van der Waals surface area (Å²) in [5.41, 5.74) is 1.25. The van der Waals surface area contributed by atoms with Gasteiger partial charge in [0.2, 0.25) is 0 Å². The van der Waals surface area contributed by atoms with Crippen LogP contribution in [0.25, 0.3) is 0 Å². The molecule has 2 aliphatic rings. The molecule has 1 saturated heterocycles. The molecule has 2 fully saturated rings. The Bertz CT molecular complexity index is 394. The predicted octanol–water partition coefficient (Wildman–Crippen LogP) is 1.53. The summed E-state index contributed by atoms with van der Waals surface area (Å²) in [4.78, 5) is 9.92. The van der Waals surface area contributed by atoms with Crippen molar-refractivity contribution in [3.05, 3.63) is 16.1 Å². The smallest absolute Gasteiger partial charge is 0.107 e. The Morgan fingerprint density at radius 1 is 1.32 bits per heavy atom. The maximum absolute atomic E-state index is 4.71. The molecule has 3 rings (SSSR count). The van der Waals surface area contributed by atoms with E-state index in [1.165, 1.54) is 49.7 Å². The van der Waals surface area contributed by atoms with E-state index in [-0.39, 0.29) is 0 Å². The lowest BCUT2D eigenvalue weighted by Crippen LogP contribution is -2.46. The molecular weight excluding hydrogens is 256 g/mol. The molecule has 1 aliphatic carbocycles. The summed E-state index contributed by atoms with van der Waals surface area (Å²) < 4.78 is 0. The molecule has 5 heteroatoms. The summed E-state index contributed by atoms with van der Waals surface area (Å²) in [6.07, 6.45) is 2.86. The largest absolute Gasteiger partial charge is 0.311 e. The van der Waals surface area contributed by atoms with Crippen molar-refractivity contribution in [1.82, 2.24) is 20.1 Å². The standard InChI is InChI=1S/C14H24N4S/c1-2-15-9-14-16-12(11-19-14)10-17-5-7-18(8-6-17)13-3-4-13/h11,13,15H,2-10H2,1H3. The Morgan fingerprint density at radius 3 is 2.79 bits per heavy atom. The van der Waals surface area contributed by atoms with Crippen molar-refractivity contribution in [1.29, 1.82) is 0 Å². The van der Waals surface area contributed by atoms with Gasteiger partial charge in [0.25, 0.3) is 0 Å². The van der Waals surface area contributed by atoms with Gasteiger partial charge in [-0.15, -0.1) is 11.3 Å². The monoisotopic (exact) mass is 280 g/mol. The van der Waals surface area contributed by atoms with Crippen LogP contribution in [0, 0.1) is 0 Å². The minimum atomic E-state index is 0.913. The molecule has 1 aliphatic heterocycles. The van der Waals surface area contributed by atoms with E-state index < -0.39 is 0 Å². The quantitative estimate of drug-likeness (QED) is 0.856. The highest BCUT2D eigenvalue weighted by molar-refractivity contribution is 7.09. The van der Waals surface area contributed by atoms with E-state index in [0.29, 0.717) is 0 Å². The molecule has 1 aromatic rings. The number of rotatable bonds is 6. The molecule has 0 radical (unpaired) electrons. The van der Waals surface area contributed by atoms with E-state index in [9.17, 15) is 0 Å². The summed E-state index contributed by atoms with van der Waals surface area (Å²) in [5.74, 6) is 0. The molecule has 19 heavy (non-hydrogen) atoms. The lowest BCUT2D eigenvalue weighted by molar-refractivity contribution is 0.120. The van der Waals surface area contributed by atoms with E-state index >= 15 is 0 Å². The van der Waals surface area contributed by atoms with Crippen LogP contribution in [0.1, 0.15) is 30.5 Å². The minimum Gasteiger partial charge on any atom is -0.311 e. The van der Waals surface area contributed by atoms with Crippen molar-refractivity contribution in [2.75, 3.05) is 32.7 Å². The zero-order chi connectivity index (χ0) is 13.1. The Hall–Kier alpha value is -0.490. The zero-order valence-electron chi connectivity index (χ0n) is 11.8. The van der Waals surface area contributed by atoms with Crippen molar-refractivity contribution in [2.24, 2.45) is 0 Å². The molecule has 1 N–H and O–H groups in total. The summed E-state index contributed by atoms with van der Waals surface area (Å²) >= 11 is 1.78. The van der Waals surface area contributed by atoms with E-state index in [1.807, 2.05) is 0 Å². The minimum absolute atomic E-state index is 0.913. The zero-order valence-corrected chi connectivity index (χ0v) is 12.6. The molecule has 0 atom stereocenters. The van der Waals surface area contributed by atoms with E-state index in [0.717, 1.165) is 25.7 Å². The highest BCUT2D eigenvalue weighted by Gasteiger charge is 2.31. The molecule has 1 saturated carbocycles. The number of thiazole rings is 1. The molecule has 106 valence electrons. The Balaban J connectivity index is 1.44. The summed E-state index contributed by atoms with van der Waals surface area (Å²) in [6, 6.07) is 0.924. The third-order valence-corrected chi connectivity index (χ3v) is 4.88. The van der Waals surface area contributed by atoms with Crippen LogP contribution in [-0.4, -0.2) is 53.5 Å². The molecule has 0 bridgehead atoms. The first kappa shape index (κ1) is 13.5. The number of aromatic nitrogens is 1. The van der Waals surface area contributed by atoms with Gasteiger partial charge in [-0.05, 0) is 19.4 Å². The van der Waals surface area contributed by atoms with E-state index in [1.54, 1.807) is 11.3 Å². The third kappa shape index (κ3) is 3.75. The van der Waals surface area contributed by atoms with Crippen molar-refractivity contribution in [2.45, 2.75) is 38.9 Å². The highest BCUT2D eigenvalue weighted by atomic mass is 32.1. The number of piperazine rings is 1. The van der Waals surface area contributed by atoms with Gasteiger partial charge in [-0.25, -0.2) is 4.98 Å². The fraction of sp³-hybridized carbons (Fsp3) is 0.786. The van der Waals surface area contributed by atoms with Crippen LogP contribution in [-0.2, 0) is 13.1 Å². The number of nitrogens with zero attached hydrogens (tertiary/aromatic N) is 3. The van der Waals surface area contributed by atoms with Gasteiger partial charge in [-0.2, -0.15) is 0 Å². The van der Waals surface area contributed by atoms with Crippen LogP contribution in [0.2, 0.25) is 0 Å². The third-order valence-electron chi connectivity index (χ3n) is 3.98. The number of hydrogen-bond acceptors (Lipinski definition) is 5. The fourth-order valence-corrected chi connectivity index (χ4v) is 3.44. The van der Waals surface area contributed by atoms with Gasteiger partial charge in [-0.1, -0.05) is 6.92 Å². The number of nitrogens with one attached hydrogen (secondary N) is 1. The second-order valence-electron chi connectivity index (χ2n) is 5.56. The maximum atomic E-state index is 4.71. The normalized spacial score (nSPS) is 21.9. The van der Waals surface area contributed by atoms with E-state index in [2.05, 4.69) is 27.4 Å². The van der Waals surface area contributed by atoms with E-state index in [4.69, 9.17) is 4.98 Å². The first-order valence-corrected chi connectivity index (χ1v) is 8.33. The first-order chi connectivity index (χ1) is 9.35. The lowest BCUT2D eigenvalue weighted by Gasteiger charge is -2.34. The SMILES string of the molecule is CCNCc1nc(CN2CCN(C3CC3)CC2)cs1. The summed E-state index contributed by atoms with van der Waals surface area (Å²) in [7, 11) is 0. The van der Waals surface area contributed by atoms with Crippen LogP contribution >= 0.6 is 11.3 Å². The summed E-state index contributed by atoms with van der Waals surface area (Å²) in [5, 5.41) is 6.77. The first-order valence-electron chi connectivity index (χ1n) is 7.45. The lowest BCUT2D eigenvalue weighted by atomic mass is 10.3. The van der Waals surface area contributed by atoms with Crippen molar-refractivity contribution in [3.8, 4) is 0 Å². The van der Waals surface area contributed by atoms with Gasteiger partial charge in [-0.3, -0.25) is 9.80 Å². The van der Waals surface area contributed by atoms with Crippen LogP contribution in [0.4, 0.5) is 0 Å². The molecule has 0 spiro atoms. The van der Waals surface area contributed by atoms with Crippen molar-refractivity contribution >= 4 is 11.3 Å². The van der Waals surface area contributed by atoms with Gasteiger partial charge < -0.3 is 5.32 Å². The second kappa shape index (κ2) is 6.31. The van der Waals surface area contributed by atoms with Crippen LogP contribution in [0.15, 0.2) is 5.38 Å². The predicted molar refractivity (Wildman–Crippen MR) is 79.4 cm³/mol. The van der Waals surface area contributed by atoms with Crippen LogP contribution in [0.3, 0.4) is 0 Å². The second-order valence-corrected chi connectivity index (χ2v) is 6.50. The fourth-order valence-electron chi connectivity index (χ4n) is 2.69. The van der Waals surface area contributed by atoms with Gasteiger partial charge in [0.15, 0.2) is 0 Å². The Morgan fingerprint density at radius 2 is 2.11 bits per heavy atom. The summed E-state index contributed by atoms with van der Waals surface area (Å²) in [6.45, 7) is 9.99. The molecule has 4 nitrogen and oxygen atoms in total. The molecule has 0 amide bonds. The van der Waals surface area contributed by atoms with Gasteiger partial charge in [0, 0.05) is 50.7 Å². The average molecular weight is 280 g/mol. The molecular formula is C14H24N4S. The Kier molecular flexibility index (Phi) is 4.48. The molecule has 1 aromatic heterocycles. The van der Waals surface area contributed by atoms with Crippen LogP contribution in [0.5, 0.6) is 0 Å². The number of hydrogen-bond donors (Lipinski definition) is 1.